The lowest BCUT2D eigenvalue weighted by Gasteiger charge is -2.31. The Balaban J connectivity index is 1.76. The Kier molecular flexibility index (Phi) is 10.7. The average Bonchev–Trinajstić information content (AvgIpc) is 3.41. The molecule has 1 aromatic heterocycles. The van der Waals surface area contributed by atoms with E-state index in [0.29, 0.717) is 18.7 Å². The van der Waals surface area contributed by atoms with Crippen molar-refractivity contribution in [3.63, 3.8) is 0 Å². The summed E-state index contributed by atoms with van der Waals surface area (Å²) in [6.45, 7) is 6.99. The van der Waals surface area contributed by atoms with E-state index in [2.05, 4.69) is 6.92 Å². The number of halogens is 1. The molecule has 192 valence electrons. The number of hydrogen-bond acceptors (Lipinski definition) is 3. The average molecular weight is 509 g/mol. The van der Waals surface area contributed by atoms with Crippen molar-refractivity contribution in [2.24, 2.45) is 0 Å². The van der Waals surface area contributed by atoms with Gasteiger partial charge < -0.3 is 9.80 Å². The highest BCUT2D eigenvalue weighted by atomic mass is 32.1. The van der Waals surface area contributed by atoms with E-state index in [4.69, 9.17) is 0 Å². The Morgan fingerprint density at radius 2 is 1.61 bits per heavy atom. The Bertz CT molecular complexity index is 1080. The minimum atomic E-state index is -0.306. The van der Waals surface area contributed by atoms with Crippen LogP contribution < -0.4 is 0 Å². The fraction of sp³-hybridized carbons (Fsp3) is 0.400. The summed E-state index contributed by atoms with van der Waals surface area (Å²) in [6, 6.07) is 17.9. The van der Waals surface area contributed by atoms with Crippen LogP contribution in [0.25, 0.3) is 0 Å². The molecule has 1 atom stereocenters. The Hall–Kier alpha value is -2.99. The van der Waals surface area contributed by atoms with Crippen LogP contribution in [-0.4, -0.2) is 34.2 Å². The van der Waals surface area contributed by atoms with Crippen molar-refractivity contribution in [2.45, 2.75) is 72.0 Å². The number of unbranched alkanes of at least 4 members (excludes halogenated alkanes) is 2. The molecule has 0 aliphatic rings. The SMILES string of the molecule is CCCCCc1ccc(C(=O)N(CC(=O)N(Cc2ccc(F)cc2)Cc2cccs2)C(C)CC)cc1. The molecular formula is C30H37FN2O2S. The van der Waals surface area contributed by atoms with Crippen molar-refractivity contribution in [1.82, 2.24) is 9.80 Å². The number of hydrogen-bond donors (Lipinski definition) is 0. The number of thiophene rings is 1. The topological polar surface area (TPSA) is 40.6 Å². The van der Waals surface area contributed by atoms with Crippen LogP contribution in [-0.2, 0) is 24.3 Å². The largest absolute Gasteiger partial charge is 0.332 e. The number of benzene rings is 2. The molecule has 0 aliphatic heterocycles. The molecule has 2 amide bonds. The first kappa shape index (κ1) is 27.6. The zero-order valence-electron chi connectivity index (χ0n) is 21.6. The summed E-state index contributed by atoms with van der Waals surface area (Å²) in [5, 5.41) is 1.98. The molecule has 0 saturated heterocycles. The van der Waals surface area contributed by atoms with Gasteiger partial charge in [-0.3, -0.25) is 9.59 Å². The van der Waals surface area contributed by atoms with E-state index in [1.54, 1.807) is 33.3 Å². The smallest absolute Gasteiger partial charge is 0.254 e. The van der Waals surface area contributed by atoms with Crippen molar-refractivity contribution in [3.05, 3.63) is 93.4 Å². The zero-order valence-corrected chi connectivity index (χ0v) is 22.4. The maximum Gasteiger partial charge on any atom is 0.254 e. The minimum Gasteiger partial charge on any atom is -0.332 e. The van der Waals surface area contributed by atoms with E-state index in [0.717, 1.165) is 29.7 Å². The highest BCUT2D eigenvalue weighted by molar-refractivity contribution is 7.09. The molecule has 0 spiro atoms. The molecule has 3 rings (SSSR count). The lowest BCUT2D eigenvalue weighted by atomic mass is 10.0. The number of aryl methyl sites for hydroxylation is 1. The van der Waals surface area contributed by atoms with Crippen LogP contribution in [0.15, 0.2) is 66.0 Å². The Morgan fingerprint density at radius 1 is 0.917 bits per heavy atom. The molecule has 0 bridgehead atoms. The fourth-order valence-corrected chi connectivity index (χ4v) is 4.81. The molecule has 0 radical (unpaired) electrons. The summed E-state index contributed by atoms with van der Waals surface area (Å²) >= 11 is 1.59. The highest BCUT2D eigenvalue weighted by Gasteiger charge is 2.26. The van der Waals surface area contributed by atoms with Crippen LogP contribution in [0.5, 0.6) is 0 Å². The Morgan fingerprint density at radius 3 is 2.22 bits per heavy atom. The number of carbonyl (C=O) groups excluding carboxylic acids is 2. The van der Waals surface area contributed by atoms with Gasteiger partial charge >= 0.3 is 0 Å². The van der Waals surface area contributed by atoms with Gasteiger partial charge in [-0.05, 0) is 73.0 Å². The number of nitrogens with zero attached hydrogens (tertiary/aromatic N) is 2. The molecule has 1 heterocycles. The van der Waals surface area contributed by atoms with E-state index in [-0.39, 0.29) is 30.2 Å². The van der Waals surface area contributed by atoms with Crippen LogP contribution in [0.3, 0.4) is 0 Å². The lowest BCUT2D eigenvalue weighted by molar-refractivity contribution is -0.133. The minimum absolute atomic E-state index is 0.00133. The molecule has 0 N–H and O–H groups in total. The van der Waals surface area contributed by atoms with E-state index < -0.39 is 0 Å². The molecule has 1 unspecified atom stereocenters. The second-order valence-electron chi connectivity index (χ2n) is 9.30. The summed E-state index contributed by atoms with van der Waals surface area (Å²) in [4.78, 5) is 31.6. The number of amides is 2. The van der Waals surface area contributed by atoms with Gasteiger partial charge in [-0.1, -0.05) is 57.0 Å². The molecule has 3 aromatic rings. The lowest BCUT2D eigenvalue weighted by Crippen LogP contribution is -2.46. The predicted molar refractivity (Wildman–Crippen MR) is 145 cm³/mol. The summed E-state index contributed by atoms with van der Waals surface area (Å²) < 4.78 is 13.4. The third-order valence-corrected chi connectivity index (χ3v) is 7.39. The van der Waals surface area contributed by atoms with E-state index >= 15 is 0 Å². The quantitative estimate of drug-likeness (QED) is 0.231. The van der Waals surface area contributed by atoms with Gasteiger partial charge in [0.25, 0.3) is 5.91 Å². The summed E-state index contributed by atoms with van der Waals surface area (Å²) in [7, 11) is 0. The standard InChI is InChI=1S/C30H37FN2O2S/c1-4-6-7-9-24-11-15-26(16-12-24)30(35)33(23(3)5-2)22-29(34)32(21-28-10-8-19-36-28)20-25-13-17-27(31)18-14-25/h8,10-19,23H,4-7,9,20-22H2,1-3H3. The monoisotopic (exact) mass is 508 g/mol. The first-order valence-electron chi connectivity index (χ1n) is 12.9. The molecule has 0 saturated carbocycles. The highest BCUT2D eigenvalue weighted by Crippen LogP contribution is 2.18. The number of rotatable bonds is 13. The molecule has 36 heavy (non-hydrogen) atoms. The van der Waals surface area contributed by atoms with Crippen LogP contribution >= 0.6 is 11.3 Å². The van der Waals surface area contributed by atoms with Crippen LogP contribution in [0.1, 0.15) is 72.8 Å². The maximum absolute atomic E-state index is 13.6. The molecule has 4 nitrogen and oxygen atoms in total. The molecular weight excluding hydrogens is 471 g/mol. The maximum atomic E-state index is 13.6. The third-order valence-electron chi connectivity index (χ3n) is 6.53. The molecule has 2 aromatic carbocycles. The Labute approximate surface area is 218 Å². The van der Waals surface area contributed by atoms with Crippen molar-refractivity contribution in [1.29, 1.82) is 0 Å². The second-order valence-corrected chi connectivity index (χ2v) is 10.3. The van der Waals surface area contributed by atoms with Crippen molar-refractivity contribution in [3.8, 4) is 0 Å². The molecule has 0 aliphatic carbocycles. The van der Waals surface area contributed by atoms with Gasteiger partial charge in [0.15, 0.2) is 0 Å². The molecule has 0 fully saturated rings. The van der Waals surface area contributed by atoms with E-state index in [1.807, 2.05) is 55.6 Å². The second kappa shape index (κ2) is 13.9. The van der Waals surface area contributed by atoms with Crippen molar-refractivity contribution in [2.75, 3.05) is 6.54 Å². The number of carbonyl (C=O) groups is 2. The van der Waals surface area contributed by atoms with Gasteiger partial charge in [-0.25, -0.2) is 4.39 Å². The van der Waals surface area contributed by atoms with Gasteiger partial charge in [-0.15, -0.1) is 11.3 Å². The van der Waals surface area contributed by atoms with E-state index in [9.17, 15) is 14.0 Å². The summed E-state index contributed by atoms with van der Waals surface area (Å²) in [5.74, 6) is -0.562. The van der Waals surface area contributed by atoms with Gasteiger partial charge in [0.2, 0.25) is 5.91 Å². The van der Waals surface area contributed by atoms with Gasteiger partial charge in [0.1, 0.15) is 12.4 Å². The summed E-state index contributed by atoms with van der Waals surface area (Å²) in [6.07, 6.45) is 5.28. The molecule has 6 heteroatoms. The van der Waals surface area contributed by atoms with Gasteiger partial charge in [0, 0.05) is 23.0 Å². The normalized spacial score (nSPS) is 11.8. The summed E-state index contributed by atoms with van der Waals surface area (Å²) in [5.41, 5.74) is 2.68. The first-order valence-corrected chi connectivity index (χ1v) is 13.7. The zero-order chi connectivity index (χ0) is 25.9. The first-order chi connectivity index (χ1) is 17.4. The predicted octanol–water partition coefficient (Wildman–Crippen LogP) is 7.09. The fourth-order valence-electron chi connectivity index (χ4n) is 4.09. The van der Waals surface area contributed by atoms with Crippen molar-refractivity contribution >= 4 is 23.2 Å². The van der Waals surface area contributed by atoms with Crippen LogP contribution in [0.4, 0.5) is 4.39 Å². The van der Waals surface area contributed by atoms with Crippen molar-refractivity contribution < 1.29 is 14.0 Å². The van der Waals surface area contributed by atoms with Gasteiger partial charge in [-0.2, -0.15) is 0 Å². The van der Waals surface area contributed by atoms with Gasteiger partial charge in [0.05, 0.1) is 6.54 Å². The third kappa shape index (κ3) is 8.02. The van der Waals surface area contributed by atoms with E-state index in [1.165, 1.54) is 30.5 Å². The van der Waals surface area contributed by atoms with Crippen LogP contribution in [0.2, 0.25) is 0 Å². The van der Waals surface area contributed by atoms with Crippen LogP contribution in [0, 0.1) is 5.82 Å².